The molecule has 7 heteroatoms. The second-order valence-electron chi connectivity index (χ2n) is 7.36. The highest BCUT2D eigenvalue weighted by Gasteiger charge is 2.25. The van der Waals surface area contributed by atoms with E-state index in [4.69, 9.17) is 0 Å². The smallest absolute Gasteiger partial charge is 0.313 e. The number of anilines is 1. The Hall–Kier alpha value is -2.77. The lowest BCUT2D eigenvalue weighted by atomic mass is 10.1. The summed E-state index contributed by atoms with van der Waals surface area (Å²) in [5, 5.41) is 5.46. The zero-order valence-corrected chi connectivity index (χ0v) is 17.1. The Bertz CT molecular complexity index is 802. The maximum absolute atomic E-state index is 12.4. The van der Waals surface area contributed by atoms with E-state index in [9.17, 15) is 9.59 Å². The van der Waals surface area contributed by atoms with E-state index in [0.29, 0.717) is 12.2 Å². The summed E-state index contributed by atoms with van der Waals surface area (Å²) in [7, 11) is 2.11. The van der Waals surface area contributed by atoms with Crippen LogP contribution in [-0.4, -0.2) is 66.4 Å². The predicted molar refractivity (Wildman–Crippen MR) is 114 cm³/mol. The van der Waals surface area contributed by atoms with Crippen molar-refractivity contribution in [2.45, 2.75) is 19.4 Å². The number of pyridine rings is 1. The molecule has 1 aromatic heterocycles. The largest absolute Gasteiger partial charge is 0.346 e. The number of benzene rings is 1. The van der Waals surface area contributed by atoms with Crippen LogP contribution in [0.5, 0.6) is 0 Å². The van der Waals surface area contributed by atoms with Crippen molar-refractivity contribution in [1.82, 2.24) is 20.1 Å². The van der Waals surface area contributed by atoms with Gasteiger partial charge in [-0.2, -0.15) is 0 Å². The topological polar surface area (TPSA) is 77.6 Å². The summed E-state index contributed by atoms with van der Waals surface area (Å²) in [6.45, 7) is 6.18. The highest BCUT2D eigenvalue weighted by atomic mass is 16.2. The lowest BCUT2D eigenvalue weighted by molar-refractivity contribution is -0.136. The normalized spacial score (nSPS) is 16.2. The van der Waals surface area contributed by atoms with E-state index >= 15 is 0 Å². The maximum Gasteiger partial charge on any atom is 0.313 e. The summed E-state index contributed by atoms with van der Waals surface area (Å²) in [4.78, 5) is 33.5. The van der Waals surface area contributed by atoms with Gasteiger partial charge in [-0.15, -0.1) is 0 Å². The van der Waals surface area contributed by atoms with Gasteiger partial charge in [0.15, 0.2) is 0 Å². The van der Waals surface area contributed by atoms with E-state index < -0.39 is 11.8 Å². The van der Waals surface area contributed by atoms with Gasteiger partial charge in [0.05, 0.1) is 6.04 Å². The molecule has 1 aliphatic heterocycles. The number of aromatic nitrogens is 1. The second-order valence-corrected chi connectivity index (χ2v) is 7.36. The molecule has 0 aliphatic carbocycles. The van der Waals surface area contributed by atoms with Gasteiger partial charge < -0.3 is 15.5 Å². The summed E-state index contributed by atoms with van der Waals surface area (Å²) in [6.07, 6.45) is 4.49. The Labute approximate surface area is 172 Å². The monoisotopic (exact) mass is 395 g/mol. The summed E-state index contributed by atoms with van der Waals surface area (Å²) < 4.78 is 0. The minimum absolute atomic E-state index is 0.0158. The van der Waals surface area contributed by atoms with Crippen LogP contribution in [0.3, 0.4) is 0 Å². The number of nitrogens with one attached hydrogen (secondary N) is 2. The second kappa shape index (κ2) is 10.1. The molecule has 154 valence electrons. The number of nitrogens with zero attached hydrogens (tertiary/aromatic N) is 3. The summed E-state index contributed by atoms with van der Waals surface area (Å²) in [5.74, 6) is -1.29. The third-order valence-electron chi connectivity index (χ3n) is 5.33. The Morgan fingerprint density at radius 3 is 2.41 bits per heavy atom. The SMILES string of the molecule is CCc1ccc(NC(=O)C(=O)NC[C@@H](c2cccnc2)N2CCN(C)CC2)cc1. The fraction of sp³-hybridized carbons (Fsp3) is 0.409. The highest BCUT2D eigenvalue weighted by Crippen LogP contribution is 2.20. The van der Waals surface area contributed by atoms with Crippen molar-refractivity contribution < 1.29 is 9.59 Å². The van der Waals surface area contributed by atoms with Crippen molar-refractivity contribution >= 4 is 17.5 Å². The number of piperazine rings is 1. The van der Waals surface area contributed by atoms with Crippen LogP contribution in [0.1, 0.15) is 24.1 Å². The number of carbonyl (C=O) groups is 2. The molecule has 0 unspecified atom stereocenters. The molecule has 0 radical (unpaired) electrons. The molecule has 3 rings (SSSR count). The Balaban J connectivity index is 1.60. The van der Waals surface area contributed by atoms with E-state index in [1.807, 2.05) is 42.6 Å². The molecule has 0 saturated carbocycles. The molecule has 2 amide bonds. The van der Waals surface area contributed by atoms with Gasteiger partial charge in [0, 0.05) is 50.8 Å². The molecule has 1 aliphatic rings. The first kappa shape index (κ1) is 21.0. The Morgan fingerprint density at radius 2 is 1.79 bits per heavy atom. The van der Waals surface area contributed by atoms with E-state index in [-0.39, 0.29) is 6.04 Å². The maximum atomic E-state index is 12.4. The van der Waals surface area contributed by atoms with E-state index in [1.165, 1.54) is 5.56 Å². The Morgan fingerprint density at radius 1 is 1.07 bits per heavy atom. The van der Waals surface area contributed by atoms with Gasteiger partial charge in [0.25, 0.3) is 0 Å². The number of amides is 2. The minimum Gasteiger partial charge on any atom is -0.346 e. The lowest BCUT2D eigenvalue weighted by Gasteiger charge is -2.38. The summed E-state index contributed by atoms with van der Waals surface area (Å²) in [6, 6.07) is 11.4. The van der Waals surface area contributed by atoms with Crippen LogP contribution < -0.4 is 10.6 Å². The molecule has 29 heavy (non-hydrogen) atoms. The average molecular weight is 396 g/mol. The van der Waals surface area contributed by atoms with Crippen LogP contribution in [-0.2, 0) is 16.0 Å². The molecule has 1 saturated heterocycles. The fourth-order valence-corrected chi connectivity index (χ4v) is 3.45. The van der Waals surface area contributed by atoms with E-state index in [2.05, 4.69) is 39.4 Å². The predicted octanol–water partition coefficient (Wildman–Crippen LogP) is 1.69. The molecule has 2 aromatic rings. The van der Waals surface area contributed by atoms with Crippen LogP contribution in [0.2, 0.25) is 0 Å². The number of hydrogen-bond acceptors (Lipinski definition) is 5. The van der Waals surface area contributed by atoms with Crippen molar-refractivity contribution in [2.75, 3.05) is 45.1 Å². The minimum atomic E-state index is -0.655. The fourth-order valence-electron chi connectivity index (χ4n) is 3.45. The number of hydrogen-bond donors (Lipinski definition) is 2. The average Bonchev–Trinajstić information content (AvgIpc) is 2.76. The number of aryl methyl sites for hydroxylation is 1. The van der Waals surface area contributed by atoms with Crippen LogP contribution >= 0.6 is 0 Å². The Kier molecular flexibility index (Phi) is 7.32. The van der Waals surface area contributed by atoms with Gasteiger partial charge in [0.2, 0.25) is 0 Å². The third kappa shape index (κ3) is 5.85. The molecular formula is C22H29N5O2. The summed E-state index contributed by atoms with van der Waals surface area (Å²) in [5.41, 5.74) is 2.83. The molecule has 2 heterocycles. The molecule has 2 N–H and O–H groups in total. The molecule has 1 fully saturated rings. The van der Waals surface area contributed by atoms with Crippen LogP contribution in [0, 0.1) is 0 Å². The quantitative estimate of drug-likeness (QED) is 0.728. The molecule has 0 spiro atoms. The van der Waals surface area contributed by atoms with E-state index in [0.717, 1.165) is 38.2 Å². The van der Waals surface area contributed by atoms with Gasteiger partial charge in [-0.1, -0.05) is 25.1 Å². The van der Waals surface area contributed by atoms with Gasteiger partial charge in [0.1, 0.15) is 0 Å². The first-order valence-electron chi connectivity index (χ1n) is 10.1. The van der Waals surface area contributed by atoms with Crippen LogP contribution in [0.4, 0.5) is 5.69 Å². The number of rotatable bonds is 6. The van der Waals surface area contributed by atoms with Crippen molar-refractivity contribution in [1.29, 1.82) is 0 Å². The molecule has 1 aromatic carbocycles. The third-order valence-corrected chi connectivity index (χ3v) is 5.33. The standard InChI is InChI=1S/C22H29N5O2/c1-3-17-6-8-19(9-7-17)25-22(29)21(28)24-16-20(18-5-4-10-23-15-18)27-13-11-26(2)12-14-27/h4-10,15,20H,3,11-14,16H2,1-2H3,(H,24,28)(H,25,29)/t20-/m0/s1. The molecular weight excluding hydrogens is 366 g/mol. The molecule has 7 nitrogen and oxygen atoms in total. The molecule has 0 bridgehead atoms. The first-order valence-corrected chi connectivity index (χ1v) is 10.1. The van der Waals surface area contributed by atoms with Crippen molar-refractivity contribution in [3.05, 3.63) is 59.9 Å². The van der Waals surface area contributed by atoms with Crippen molar-refractivity contribution in [2.24, 2.45) is 0 Å². The van der Waals surface area contributed by atoms with Crippen molar-refractivity contribution in [3.8, 4) is 0 Å². The van der Waals surface area contributed by atoms with Crippen LogP contribution in [0.15, 0.2) is 48.8 Å². The van der Waals surface area contributed by atoms with Gasteiger partial charge in [-0.25, -0.2) is 0 Å². The molecule has 1 atom stereocenters. The number of carbonyl (C=O) groups excluding carboxylic acids is 2. The van der Waals surface area contributed by atoms with Gasteiger partial charge in [-0.05, 0) is 42.8 Å². The first-order chi connectivity index (χ1) is 14.1. The number of likely N-dealkylation sites (N-methyl/N-ethyl adjacent to an activating group) is 1. The lowest BCUT2D eigenvalue weighted by Crippen LogP contribution is -2.49. The van der Waals surface area contributed by atoms with Gasteiger partial charge >= 0.3 is 11.8 Å². The van der Waals surface area contributed by atoms with E-state index in [1.54, 1.807) is 6.20 Å². The highest BCUT2D eigenvalue weighted by molar-refractivity contribution is 6.39. The van der Waals surface area contributed by atoms with Gasteiger partial charge in [-0.3, -0.25) is 19.5 Å². The zero-order valence-electron chi connectivity index (χ0n) is 17.1. The van der Waals surface area contributed by atoms with Crippen molar-refractivity contribution in [3.63, 3.8) is 0 Å². The summed E-state index contributed by atoms with van der Waals surface area (Å²) >= 11 is 0. The van der Waals surface area contributed by atoms with Crippen LogP contribution in [0.25, 0.3) is 0 Å². The zero-order chi connectivity index (χ0) is 20.6.